The lowest BCUT2D eigenvalue weighted by Gasteiger charge is -2.56. The van der Waals surface area contributed by atoms with Gasteiger partial charge in [0.25, 0.3) is 0 Å². The van der Waals surface area contributed by atoms with Gasteiger partial charge >= 0.3 is 0 Å². The van der Waals surface area contributed by atoms with Crippen LogP contribution in [0.2, 0.25) is 0 Å². The fraction of sp³-hybridized carbons (Fsp3) is 0.391. The van der Waals surface area contributed by atoms with Crippen LogP contribution in [0.4, 0.5) is 11.4 Å². The molecule has 0 saturated heterocycles. The fourth-order valence-corrected chi connectivity index (χ4v) is 5.19. The molecule has 0 radical (unpaired) electrons. The quantitative estimate of drug-likeness (QED) is 0.686. The molecule has 0 aliphatic heterocycles. The number of benzene rings is 2. The minimum absolute atomic E-state index is 0.485. The summed E-state index contributed by atoms with van der Waals surface area (Å²) in [6.45, 7) is 2.15. The average molecular weight is 331 g/mol. The fourth-order valence-electron chi connectivity index (χ4n) is 5.19. The molecular weight excluding hydrogens is 306 g/mol. The van der Waals surface area contributed by atoms with Crippen molar-refractivity contribution in [3.8, 4) is 5.75 Å². The summed E-state index contributed by atoms with van der Waals surface area (Å²) in [4.78, 5) is 2.54. The summed E-state index contributed by atoms with van der Waals surface area (Å²) in [6.07, 6.45) is 6.81. The van der Waals surface area contributed by atoms with Crippen LogP contribution in [-0.2, 0) is 0 Å². The van der Waals surface area contributed by atoms with E-state index in [0.717, 1.165) is 23.5 Å². The number of allylic oxidation sites excluding steroid dienone is 1. The lowest BCUT2D eigenvalue weighted by Crippen LogP contribution is -2.51. The molecule has 3 fully saturated rings. The molecule has 0 spiro atoms. The molecular formula is C23H25NO. The molecule has 25 heavy (non-hydrogen) atoms. The number of aryl methyl sites for hydroxylation is 1. The molecule has 3 saturated carbocycles. The summed E-state index contributed by atoms with van der Waals surface area (Å²) >= 11 is 0. The molecule has 2 heteroatoms. The standard InChI is InChI=1S/C23H25NO/c1-15-3-5-19(6-4-15)24(20-7-9-21(25-2)10-8-20)23-14-22-16-11-17(22)13-18(23)12-16/h3-10,14,16-18,23H,11-13H2,1-2H3. The first-order valence-electron chi connectivity index (χ1n) is 9.44. The highest BCUT2D eigenvalue weighted by Gasteiger charge is 2.50. The van der Waals surface area contributed by atoms with Crippen molar-refractivity contribution in [2.75, 3.05) is 12.0 Å². The van der Waals surface area contributed by atoms with E-state index in [4.69, 9.17) is 4.74 Å². The van der Waals surface area contributed by atoms with Gasteiger partial charge in [0, 0.05) is 11.4 Å². The van der Waals surface area contributed by atoms with E-state index in [-0.39, 0.29) is 0 Å². The third-order valence-electron chi connectivity index (χ3n) is 6.49. The summed E-state index contributed by atoms with van der Waals surface area (Å²) < 4.78 is 5.35. The van der Waals surface area contributed by atoms with E-state index in [1.165, 1.54) is 36.2 Å². The molecule has 0 N–H and O–H groups in total. The first-order valence-corrected chi connectivity index (χ1v) is 9.44. The Labute approximate surface area is 150 Å². The zero-order chi connectivity index (χ0) is 17.0. The maximum atomic E-state index is 5.35. The number of anilines is 2. The second kappa shape index (κ2) is 5.66. The van der Waals surface area contributed by atoms with Gasteiger partial charge in [-0.1, -0.05) is 29.3 Å². The Kier molecular flexibility index (Phi) is 3.41. The lowest BCUT2D eigenvalue weighted by molar-refractivity contribution is 0.117. The number of rotatable bonds is 4. The SMILES string of the molecule is COc1ccc(N(c2ccc(C)cc2)C2C=C3C4CC3CC2C4)cc1. The van der Waals surface area contributed by atoms with Crippen LogP contribution >= 0.6 is 0 Å². The third-order valence-corrected chi connectivity index (χ3v) is 6.49. The van der Waals surface area contributed by atoms with E-state index >= 15 is 0 Å². The normalized spacial score (nSPS) is 29.0. The summed E-state index contributed by atoms with van der Waals surface area (Å²) in [7, 11) is 1.73. The van der Waals surface area contributed by atoms with Crippen molar-refractivity contribution in [3.63, 3.8) is 0 Å². The maximum absolute atomic E-state index is 5.35. The highest BCUT2D eigenvalue weighted by Crippen LogP contribution is 2.58. The van der Waals surface area contributed by atoms with Crippen molar-refractivity contribution < 1.29 is 4.74 Å². The number of methoxy groups -OCH3 is 1. The Morgan fingerprint density at radius 3 is 1.96 bits per heavy atom. The topological polar surface area (TPSA) is 12.5 Å². The number of fused-ring (bicyclic) bond motifs is 1. The van der Waals surface area contributed by atoms with Crippen molar-refractivity contribution in [3.05, 3.63) is 65.7 Å². The molecule has 5 aliphatic rings. The van der Waals surface area contributed by atoms with Crippen LogP contribution in [0.25, 0.3) is 0 Å². The Balaban J connectivity index is 1.57. The van der Waals surface area contributed by atoms with Gasteiger partial charge < -0.3 is 9.64 Å². The smallest absolute Gasteiger partial charge is 0.119 e. The maximum Gasteiger partial charge on any atom is 0.119 e. The molecule has 0 amide bonds. The number of ether oxygens (including phenoxy) is 1. The van der Waals surface area contributed by atoms with Gasteiger partial charge in [0.15, 0.2) is 0 Å². The molecule has 2 nitrogen and oxygen atoms in total. The van der Waals surface area contributed by atoms with Crippen molar-refractivity contribution in [1.29, 1.82) is 0 Å². The Morgan fingerprint density at radius 1 is 0.840 bits per heavy atom. The number of nitrogens with zero attached hydrogens (tertiary/aromatic N) is 1. The predicted octanol–water partition coefficient (Wildman–Crippen LogP) is 5.50. The molecule has 0 heterocycles. The van der Waals surface area contributed by atoms with Gasteiger partial charge in [0.2, 0.25) is 0 Å². The van der Waals surface area contributed by atoms with E-state index in [1.807, 2.05) is 0 Å². The molecule has 2 aromatic rings. The van der Waals surface area contributed by atoms with Crippen molar-refractivity contribution in [2.45, 2.75) is 32.2 Å². The lowest BCUT2D eigenvalue weighted by atomic mass is 9.52. The van der Waals surface area contributed by atoms with Gasteiger partial charge in [-0.2, -0.15) is 0 Å². The van der Waals surface area contributed by atoms with E-state index < -0.39 is 0 Å². The summed E-state index contributed by atoms with van der Waals surface area (Å²) in [6, 6.07) is 18.0. The second-order valence-electron chi connectivity index (χ2n) is 7.92. The zero-order valence-electron chi connectivity index (χ0n) is 15.0. The number of hydrogen-bond donors (Lipinski definition) is 0. The highest BCUT2D eigenvalue weighted by molar-refractivity contribution is 5.67. The Morgan fingerprint density at radius 2 is 1.44 bits per heavy atom. The molecule has 0 aromatic heterocycles. The van der Waals surface area contributed by atoms with Crippen molar-refractivity contribution in [2.24, 2.45) is 17.8 Å². The first kappa shape index (κ1) is 15.1. The molecule has 3 atom stereocenters. The molecule has 2 aromatic carbocycles. The Bertz CT molecular complexity index is 791. The monoisotopic (exact) mass is 331 g/mol. The van der Waals surface area contributed by atoms with E-state index in [9.17, 15) is 0 Å². The minimum Gasteiger partial charge on any atom is -0.497 e. The highest BCUT2D eigenvalue weighted by atomic mass is 16.5. The van der Waals surface area contributed by atoms with Gasteiger partial charge in [0.1, 0.15) is 5.75 Å². The van der Waals surface area contributed by atoms with Gasteiger partial charge in [-0.3, -0.25) is 0 Å². The zero-order valence-corrected chi connectivity index (χ0v) is 15.0. The van der Waals surface area contributed by atoms with Crippen LogP contribution in [0.1, 0.15) is 24.8 Å². The third kappa shape index (κ3) is 2.38. The summed E-state index contributed by atoms with van der Waals surface area (Å²) in [5.74, 6) is 3.49. The molecule has 5 aliphatic carbocycles. The van der Waals surface area contributed by atoms with E-state index in [2.05, 4.69) is 66.4 Å². The molecule has 7 rings (SSSR count). The molecule has 128 valence electrons. The van der Waals surface area contributed by atoms with Crippen LogP contribution in [0, 0.1) is 24.7 Å². The van der Waals surface area contributed by atoms with Gasteiger partial charge in [-0.25, -0.2) is 0 Å². The van der Waals surface area contributed by atoms with Crippen LogP contribution in [-0.4, -0.2) is 13.2 Å². The van der Waals surface area contributed by atoms with Crippen molar-refractivity contribution >= 4 is 11.4 Å². The predicted molar refractivity (Wildman–Crippen MR) is 103 cm³/mol. The van der Waals surface area contributed by atoms with Gasteiger partial charge in [-0.05, 0) is 80.3 Å². The first-order chi connectivity index (χ1) is 12.2. The van der Waals surface area contributed by atoms with E-state index in [0.29, 0.717) is 6.04 Å². The van der Waals surface area contributed by atoms with Crippen LogP contribution in [0.3, 0.4) is 0 Å². The average Bonchev–Trinajstić information content (AvgIpc) is 2.66. The largest absolute Gasteiger partial charge is 0.497 e. The Hall–Kier alpha value is -2.22. The molecule has 3 unspecified atom stereocenters. The van der Waals surface area contributed by atoms with Gasteiger partial charge in [0.05, 0.1) is 13.2 Å². The van der Waals surface area contributed by atoms with Gasteiger partial charge in [-0.15, -0.1) is 0 Å². The van der Waals surface area contributed by atoms with Crippen LogP contribution in [0.15, 0.2) is 60.2 Å². The summed E-state index contributed by atoms with van der Waals surface area (Å²) in [5.41, 5.74) is 5.60. The van der Waals surface area contributed by atoms with E-state index in [1.54, 1.807) is 12.7 Å². The number of hydrogen-bond acceptors (Lipinski definition) is 2. The summed E-state index contributed by atoms with van der Waals surface area (Å²) in [5, 5.41) is 0. The minimum atomic E-state index is 0.485. The molecule has 4 bridgehead atoms. The second-order valence-corrected chi connectivity index (χ2v) is 7.92. The van der Waals surface area contributed by atoms with Crippen LogP contribution in [0.5, 0.6) is 5.75 Å². The van der Waals surface area contributed by atoms with Crippen LogP contribution < -0.4 is 9.64 Å². The van der Waals surface area contributed by atoms with Crippen molar-refractivity contribution in [1.82, 2.24) is 0 Å².